The van der Waals surface area contributed by atoms with Crippen LogP contribution in [0, 0.1) is 0 Å². The van der Waals surface area contributed by atoms with Crippen molar-refractivity contribution in [1.82, 2.24) is 10.2 Å². The number of methoxy groups -OCH3 is 4. The molecule has 4 rings (SSSR count). The molecule has 0 bridgehead atoms. The largest absolute Gasteiger partial charge is 0.497 e. The van der Waals surface area contributed by atoms with Gasteiger partial charge < -0.3 is 29.2 Å². The molecule has 0 aliphatic heterocycles. The van der Waals surface area contributed by atoms with Crippen LogP contribution in [-0.2, 0) is 26.2 Å². The van der Waals surface area contributed by atoms with Gasteiger partial charge in [0.25, 0.3) is 10.0 Å². The van der Waals surface area contributed by atoms with Crippen LogP contribution in [0.4, 0.5) is 5.69 Å². The van der Waals surface area contributed by atoms with Crippen molar-refractivity contribution in [2.75, 3.05) is 39.3 Å². The minimum atomic E-state index is -4.45. The van der Waals surface area contributed by atoms with Crippen LogP contribution in [0.3, 0.4) is 0 Å². The summed E-state index contributed by atoms with van der Waals surface area (Å²) >= 11 is 6.36. The number of sulfonamides is 1. The maximum Gasteiger partial charge on any atom is 0.265 e. The van der Waals surface area contributed by atoms with Crippen LogP contribution in [-0.4, -0.2) is 72.2 Å². The van der Waals surface area contributed by atoms with Gasteiger partial charge in [0.05, 0.1) is 39.0 Å². The van der Waals surface area contributed by atoms with Gasteiger partial charge in [-0.3, -0.25) is 13.9 Å². The molecule has 3 aromatic carbocycles. The predicted octanol–water partition coefficient (Wildman–Crippen LogP) is 5.44. The van der Waals surface area contributed by atoms with Crippen molar-refractivity contribution in [3.05, 3.63) is 71.2 Å². The summed E-state index contributed by atoms with van der Waals surface area (Å²) in [5, 5.41) is 3.35. The van der Waals surface area contributed by atoms with E-state index in [4.69, 9.17) is 30.5 Å². The molecule has 3 aromatic rings. The van der Waals surface area contributed by atoms with Gasteiger partial charge in [-0.25, -0.2) is 8.42 Å². The lowest BCUT2D eigenvalue weighted by Crippen LogP contribution is -2.53. The Labute approximate surface area is 281 Å². The molecule has 1 atom stereocenters. The molecular formula is C34H42ClN3O8S. The normalized spacial score (nSPS) is 13.8. The summed E-state index contributed by atoms with van der Waals surface area (Å²) in [5.41, 5.74) is 0.789. The number of benzene rings is 3. The number of halogens is 1. The zero-order chi connectivity index (χ0) is 34.1. The lowest BCUT2D eigenvalue weighted by atomic mass is 10.1. The molecule has 1 N–H and O–H groups in total. The molecule has 0 spiro atoms. The number of nitrogens with zero attached hydrogens (tertiary/aromatic N) is 2. The van der Waals surface area contributed by atoms with Gasteiger partial charge in [0.1, 0.15) is 24.1 Å². The molecule has 47 heavy (non-hydrogen) atoms. The van der Waals surface area contributed by atoms with Crippen molar-refractivity contribution in [3.8, 4) is 23.0 Å². The summed E-state index contributed by atoms with van der Waals surface area (Å²) in [7, 11) is 1.34. The quantitative estimate of drug-likeness (QED) is 0.224. The Morgan fingerprint density at radius 3 is 2.11 bits per heavy atom. The van der Waals surface area contributed by atoms with Gasteiger partial charge >= 0.3 is 0 Å². The van der Waals surface area contributed by atoms with Crippen molar-refractivity contribution >= 4 is 39.1 Å². The van der Waals surface area contributed by atoms with E-state index in [1.165, 1.54) is 56.6 Å². The van der Waals surface area contributed by atoms with E-state index in [0.717, 1.165) is 35.6 Å². The molecule has 1 aliphatic carbocycles. The van der Waals surface area contributed by atoms with Crippen molar-refractivity contribution in [2.45, 2.75) is 62.6 Å². The minimum absolute atomic E-state index is 0.0344. The van der Waals surface area contributed by atoms with Gasteiger partial charge in [0.2, 0.25) is 11.8 Å². The predicted molar refractivity (Wildman–Crippen MR) is 180 cm³/mol. The molecule has 1 saturated carbocycles. The van der Waals surface area contributed by atoms with Crippen LogP contribution in [0.2, 0.25) is 5.02 Å². The maximum atomic E-state index is 14.5. The lowest BCUT2D eigenvalue weighted by Gasteiger charge is -2.34. The fraction of sp³-hybridized carbons (Fsp3) is 0.412. The minimum Gasteiger partial charge on any atom is -0.497 e. The third-order valence-corrected chi connectivity index (χ3v) is 10.2. The molecule has 2 amide bonds. The molecule has 0 saturated heterocycles. The molecule has 1 aliphatic rings. The number of ether oxygens (including phenoxy) is 4. The van der Waals surface area contributed by atoms with Gasteiger partial charge in [-0.05, 0) is 67.3 Å². The highest BCUT2D eigenvalue weighted by Gasteiger charge is 2.36. The average Bonchev–Trinajstić information content (AvgIpc) is 3.59. The van der Waals surface area contributed by atoms with E-state index in [-0.39, 0.29) is 45.6 Å². The molecule has 0 unspecified atom stereocenters. The molecular weight excluding hydrogens is 646 g/mol. The first-order valence-corrected chi connectivity index (χ1v) is 17.2. The lowest BCUT2D eigenvalue weighted by molar-refractivity contribution is -0.140. The van der Waals surface area contributed by atoms with Crippen LogP contribution in [0.1, 0.15) is 44.6 Å². The van der Waals surface area contributed by atoms with Gasteiger partial charge in [-0.2, -0.15) is 0 Å². The Bertz CT molecular complexity index is 1650. The van der Waals surface area contributed by atoms with Crippen LogP contribution in [0.5, 0.6) is 23.0 Å². The topological polar surface area (TPSA) is 124 Å². The molecule has 1 fully saturated rings. The van der Waals surface area contributed by atoms with E-state index in [2.05, 4.69) is 5.32 Å². The molecule has 254 valence electrons. The smallest absolute Gasteiger partial charge is 0.265 e. The number of anilines is 1. The SMILES string of the molecule is CC[C@@H](C(=O)NC1CCCC1)N(Cc1ccc(OC)cc1)C(=O)CN(c1cc(Cl)ccc1OC)S(=O)(=O)c1ccc(OC)c(OC)c1. The zero-order valence-electron chi connectivity index (χ0n) is 27.3. The van der Waals surface area contributed by atoms with Crippen molar-refractivity contribution in [2.24, 2.45) is 0 Å². The summed E-state index contributed by atoms with van der Waals surface area (Å²) < 4.78 is 51.3. The fourth-order valence-electron chi connectivity index (χ4n) is 5.69. The summed E-state index contributed by atoms with van der Waals surface area (Å²) in [5.74, 6) is 0.459. The van der Waals surface area contributed by atoms with E-state index in [1.54, 1.807) is 37.4 Å². The second kappa shape index (κ2) is 16.1. The monoisotopic (exact) mass is 687 g/mol. The third-order valence-electron chi connectivity index (χ3n) is 8.23. The first kappa shape index (κ1) is 35.7. The molecule has 13 heteroatoms. The Morgan fingerprint density at radius 2 is 1.51 bits per heavy atom. The van der Waals surface area contributed by atoms with E-state index < -0.39 is 28.5 Å². The van der Waals surface area contributed by atoms with Crippen molar-refractivity contribution < 1.29 is 37.0 Å². The second-order valence-corrected chi connectivity index (χ2v) is 13.4. The number of rotatable bonds is 15. The Hall–Kier alpha value is -4.16. The first-order valence-electron chi connectivity index (χ1n) is 15.4. The van der Waals surface area contributed by atoms with Crippen LogP contribution in [0.25, 0.3) is 0 Å². The average molecular weight is 688 g/mol. The fourth-order valence-corrected chi connectivity index (χ4v) is 7.29. The van der Waals surface area contributed by atoms with Crippen molar-refractivity contribution in [1.29, 1.82) is 0 Å². The van der Waals surface area contributed by atoms with Gasteiger partial charge in [0, 0.05) is 23.7 Å². The van der Waals surface area contributed by atoms with Gasteiger partial charge in [0.15, 0.2) is 11.5 Å². The summed E-state index contributed by atoms with van der Waals surface area (Å²) in [6.07, 6.45) is 4.12. The van der Waals surface area contributed by atoms with Crippen LogP contribution >= 0.6 is 11.6 Å². The third kappa shape index (κ3) is 8.41. The standard InChI is InChI=1S/C34H42ClN3O8S/c1-6-28(34(40)36-25-9-7-8-10-25)37(21-23-11-14-26(43-2)15-12-23)33(39)22-38(29-19-24(35)13-17-30(29)44-3)47(41,42)27-16-18-31(45-4)32(20-27)46-5/h11-20,25,28H,6-10,21-22H2,1-5H3,(H,36,40)/t28-/m0/s1. The highest BCUT2D eigenvalue weighted by Crippen LogP contribution is 2.37. The maximum absolute atomic E-state index is 14.5. The van der Waals surface area contributed by atoms with Crippen LogP contribution in [0.15, 0.2) is 65.6 Å². The molecule has 0 aromatic heterocycles. The highest BCUT2D eigenvalue weighted by atomic mass is 35.5. The summed E-state index contributed by atoms with van der Waals surface area (Å²) in [6, 6.07) is 15.0. The van der Waals surface area contributed by atoms with E-state index in [9.17, 15) is 18.0 Å². The van der Waals surface area contributed by atoms with E-state index in [1.807, 2.05) is 6.92 Å². The highest BCUT2D eigenvalue weighted by molar-refractivity contribution is 7.92. The number of nitrogens with one attached hydrogen (secondary N) is 1. The Morgan fingerprint density at radius 1 is 0.872 bits per heavy atom. The van der Waals surface area contributed by atoms with Crippen molar-refractivity contribution in [3.63, 3.8) is 0 Å². The number of carbonyl (C=O) groups is 2. The zero-order valence-corrected chi connectivity index (χ0v) is 28.9. The summed E-state index contributed by atoms with van der Waals surface area (Å²) in [4.78, 5) is 29.5. The summed E-state index contributed by atoms with van der Waals surface area (Å²) in [6.45, 7) is 1.22. The Balaban J connectivity index is 1.80. The first-order chi connectivity index (χ1) is 22.6. The second-order valence-electron chi connectivity index (χ2n) is 11.1. The van der Waals surface area contributed by atoms with Gasteiger partial charge in [-0.1, -0.05) is 43.5 Å². The number of amides is 2. The number of hydrogen-bond donors (Lipinski definition) is 1. The van der Waals surface area contributed by atoms with E-state index >= 15 is 0 Å². The Kier molecular flexibility index (Phi) is 12.2. The molecule has 0 heterocycles. The molecule has 0 radical (unpaired) electrons. The number of carbonyl (C=O) groups excluding carboxylic acids is 2. The van der Waals surface area contributed by atoms with Gasteiger partial charge in [-0.15, -0.1) is 0 Å². The van der Waals surface area contributed by atoms with Crippen LogP contribution < -0.4 is 28.6 Å². The van der Waals surface area contributed by atoms with E-state index in [0.29, 0.717) is 17.9 Å². The number of hydrogen-bond acceptors (Lipinski definition) is 8. The molecule has 11 nitrogen and oxygen atoms in total.